The fourth-order valence-electron chi connectivity index (χ4n) is 2.63. The van der Waals surface area contributed by atoms with Gasteiger partial charge in [0, 0.05) is 12.0 Å². The van der Waals surface area contributed by atoms with Crippen LogP contribution in [0.25, 0.3) is 0 Å². The van der Waals surface area contributed by atoms with Crippen molar-refractivity contribution in [2.45, 2.75) is 57.8 Å². The first-order chi connectivity index (χ1) is 10.8. The first-order valence-electron chi connectivity index (χ1n) is 7.98. The molecule has 0 saturated carbocycles. The predicted octanol–water partition coefficient (Wildman–Crippen LogP) is -0.367. The van der Waals surface area contributed by atoms with E-state index in [4.69, 9.17) is 48.4 Å². The van der Waals surface area contributed by atoms with Gasteiger partial charge >= 0.3 is 0 Å². The molecule has 0 radical (unpaired) electrons. The minimum absolute atomic E-state index is 0.152. The zero-order chi connectivity index (χ0) is 18.0. The molecule has 0 fully saturated rings. The Balaban J connectivity index is 5.37. The van der Waals surface area contributed by atoms with E-state index in [1.54, 1.807) is 0 Å². The van der Waals surface area contributed by atoms with Crippen molar-refractivity contribution in [3.8, 4) is 0 Å². The van der Waals surface area contributed by atoms with Crippen molar-refractivity contribution in [3.05, 3.63) is 0 Å². The summed E-state index contributed by atoms with van der Waals surface area (Å²) in [6.07, 6.45) is 2.46. The van der Waals surface area contributed by atoms with Gasteiger partial charge < -0.3 is 25.9 Å². The van der Waals surface area contributed by atoms with E-state index in [0.717, 1.165) is 0 Å². The molecule has 0 spiro atoms. The van der Waals surface area contributed by atoms with Gasteiger partial charge in [-0.05, 0) is 25.7 Å². The standard InChI is InChI=1S/C14H35N5O4/c1-4-13(5-2,23-19)7-12(10-21-17,11-22-18)9-20-14(16,6-3)8-15/h4-11,15-19H2,1-3H3. The third kappa shape index (κ3) is 6.57. The van der Waals surface area contributed by atoms with Gasteiger partial charge in [-0.2, -0.15) is 0 Å². The molecule has 9 heteroatoms. The van der Waals surface area contributed by atoms with Crippen LogP contribution in [0.15, 0.2) is 0 Å². The van der Waals surface area contributed by atoms with Crippen LogP contribution in [0, 0.1) is 5.41 Å². The summed E-state index contributed by atoms with van der Waals surface area (Å²) in [5.74, 6) is 16.2. The average molecular weight is 337 g/mol. The molecule has 0 heterocycles. The molecule has 0 rings (SSSR count). The zero-order valence-electron chi connectivity index (χ0n) is 14.7. The van der Waals surface area contributed by atoms with E-state index >= 15 is 0 Å². The molecule has 0 aromatic rings. The van der Waals surface area contributed by atoms with E-state index in [9.17, 15) is 0 Å². The summed E-state index contributed by atoms with van der Waals surface area (Å²) in [6, 6.07) is 0. The second-order valence-corrected chi connectivity index (χ2v) is 6.22. The number of hydrogen-bond acceptors (Lipinski definition) is 9. The van der Waals surface area contributed by atoms with Gasteiger partial charge in [0.2, 0.25) is 0 Å². The summed E-state index contributed by atoms with van der Waals surface area (Å²) >= 11 is 0. The third-order valence-corrected chi connectivity index (χ3v) is 4.62. The summed E-state index contributed by atoms with van der Waals surface area (Å²) in [7, 11) is 0. The van der Waals surface area contributed by atoms with E-state index in [2.05, 4.69) is 0 Å². The molecule has 0 aliphatic rings. The Morgan fingerprint density at radius 2 is 1.35 bits per heavy atom. The first-order valence-corrected chi connectivity index (χ1v) is 7.98. The maximum Gasteiger partial charge on any atom is 0.128 e. The molecule has 0 saturated heterocycles. The molecule has 1 atom stereocenters. The topological polar surface area (TPSA) is 167 Å². The maximum absolute atomic E-state index is 6.11. The van der Waals surface area contributed by atoms with Gasteiger partial charge in [-0.25, -0.2) is 17.7 Å². The zero-order valence-corrected chi connectivity index (χ0v) is 14.7. The molecule has 140 valence electrons. The van der Waals surface area contributed by atoms with Crippen LogP contribution in [0.3, 0.4) is 0 Å². The number of nitrogens with two attached hydrogens (primary N) is 5. The smallest absolute Gasteiger partial charge is 0.128 e. The molecular formula is C14H35N5O4. The fraction of sp³-hybridized carbons (Fsp3) is 1.00. The van der Waals surface area contributed by atoms with E-state index in [1.165, 1.54) is 0 Å². The van der Waals surface area contributed by atoms with Crippen LogP contribution in [0.5, 0.6) is 0 Å². The Labute approximate surface area is 138 Å². The Morgan fingerprint density at radius 1 is 0.826 bits per heavy atom. The minimum Gasteiger partial charge on any atom is -0.359 e. The fourth-order valence-corrected chi connectivity index (χ4v) is 2.63. The van der Waals surface area contributed by atoms with Crippen LogP contribution in [0.4, 0.5) is 0 Å². The van der Waals surface area contributed by atoms with Gasteiger partial charge in [-0.3, -0.25) is 4.84 Å². The lowest BCUT2D eigenvalue weighted by atomic mass is 9.76. The van der Waals surface area contributed by atoms with E-state index < -0.39 is 16.7 Å². The number of ether oxygens (including phenoxy) is 1. The average Bonchev–Trinajstić information content (AvgIpc) is 2.58. The SMILES string of the molecule is CCC(N)(CN)OCC(CON)(CON)CC(CC)(CC)ON. The molecule has 0 aromatic carbocycles. The molecule has 1 unspecified atom stereocenters. The molecule has 9 nitrogen and oxygen atoms in total. The summed E-state index contributed by atoms with van der Waals surface area (Å²) in [4.78, 5) is 15.0. The second-order valence-electron chi connectivity index (χ2n) is 6.22. The largest absolute Gasteiger partial charge is 0.359 e. The first kappa shape index (κ1) is 22.6. The number of rotatable bonds is 14. The predicted molar refractivity (Wildman–Crippen MR) is 88.1 cm³/mol. The third-order valence-electron chi connectivity index (χ3n) is 4.62. The van der Waals surface area contributed by atoms with Crippen LogP contribution in [0.2, 0.25) is 0 Å². The molecule has 10 N–H and O–H groups in total. The monoisotopic (exact) mass is 337 g/mol. The second kappa shape index (κ2) is 10.5. The maximum atomic E-state index is 6.11. The van der Waals surface area contributed by atoms with Crippen LogP contribution in [-0.2, 0) is 19.2 Å². The van der Waals surface area contributed by atoms with Crippen molar-refractivity contribution >= 4 is 0 Å². The molecule has 0 aromatic heterocycles. The summed E-state index contributed by atoms with van der Waals surface area (Å²) in [5, 5.41) is 0. The summed E-state index contributed by atoms with van der Waals surface area (Å²) in [6.45, 7) is 6.58. The van der Waals surface area contributed by atoms with Crippen LogP contribution in [0.1, 0.15) is 46.5 Å². The lowest BCUT2D eigenvalue weighted by Gasteiger charge is -2.42. The van der Waals surface area contributed by atoms with E-state index in [0.29, 0.717) is 25.7 Å². The number of hydrogen-bond donors (Lipinski definition) is 5. The summed E-state index contributed by atoms with van der Waals surface area (Å²) < 4.78 is 5.86. The Kier molecular flexibility index (Phi) is 10.3. The highest BCUT2D eigenvalue weighted by molar-refractivity contribution is 4.91. The highest BCUT2D eigenvalue weighted by Crippen LogP contribution is 2.36. The van der Waals surface area contributed by atoms with Crippen molar-refractivity contribution in [3.63, 3.8) is 0 Å². The van der Waals surface area contributed by atoms with E-state index in [-0.39, 0.29) is 26.4 Å². The van der Waals surface area contributed by atoms with Gasteiger partial charge in [0.05, 0.1) is 25.4 Å². The van der Waals surface area contributed by atoms with Crippen molar-refractivity contribution in [2.75, 3.05) is 26.4 Å². The molecule has 23 heavy (non-hydrogen) atoms. The highest BCUT2D eigenvalue weighted by atomic mass is 16.6. The Morgan fingerprint density at radius 3 is 1.65 bits per heavy atom. The minimum atomic E-state index is -0.931. The Bertz CT molecular complexity index is 297. The van der Waals surface area contributed by atoms with Crippen molar-refractivity contribution < 1.29 is 19.2 Å². The van der Waals surface area contributed by atoms with Gasteiger partial charge in [0.15, 0.2) is 0 Å². The van der Waals surface area contributed by atoms with Crippen molar-refractivity contribution in [1.82, 2.24) is 0 Å². The van der Waals surface area contributed by atoms with Gasteiger partial charge in [-0.15, -0.1) is 0 Å². The lowest BCUT2D eigenvalue weighted by molar-refractivity contribution is -0.161. The van der Waals surface area contributed by atoms with Gasteiger partial charge in [0.25, 0.3) is 0 Å². The van der Waals surface area contributed by atoms with Gasteiger partial charge in [0.1, 0.15) is 5.72 Å². The molecule has 0 amide bonds. The van der Waals surface area contributed by atoms with E-state index in [1.807, 2.05) is 20.8 Å². The van der Waals surface area contributed by atoms with Gasteiger partial charge in [-0.1, -0.05) is 20.8 Å². The lowest BCUT2D eigenvalue weighted by Crippen LogP contribution is -2.54. The summed E-state index contributed by atoms with van der Waals surface area (Å²) in [5.41, 5.74) is 9.65. The molecule has 0 aliphatic heterocycles. The molecule has 0 aliphatic carbocycles. The van der Waals surface area contributed by atoms with Crippen LogP contribution >= 0.6 is 0 Å². The van der Waals surface area contributed by atoms with Crippen LogP contribution < -0.4 is 29.2 Å². The van der Waals surface area contributed by atoms with Crippen molar-refractivity contribution in [2.24, 2.45) is 34.6 Å². The van der Waals surface area contributed by atoms with Crippen LogP contribution in [-0.4, -0.2) is 37.7 Å². The highest BCUT2D eigenvalue weighted by Gasteiger charge is 2.43. The Hall–Kier alpha value is -0.360. The quantitative estimate of drug-likeness (QED) is 0.210. The molecule has 0 bridgehead atoms. The van der Waals surface area contributed by atoms with Crippen molar-refractivity contribution in [1.29, 1.82) is 0 Å². The normalized spacial score (nSPS) is 15.7. The molecular weight excluding hydrogens is 302 g/mol.